The number of morpholine rings is 1. The quantitative estimate of drug-likeness (QED) is 0.693. The van der Waals surface area contributed by atoms with Crippen LogP contribution in [-0.4, -0.2) is 49.3 Å². The molecule has 1 aliphatic rings. The van der Waals surface area contributed by atoms with Crippen molar-refractivity contribution in [2.45, 2.75) is 65.1 Å². The number of hydrogen-bond donors (Lipinski definition) is 1. The van der Waals surface area contributed by atoms with E-state index in [-0.39, 0.29) is 0 Å². The normalized spacial score (nSPS) is 28.2. The van der Waals surface area contributed by atoms with Gasteiger partial charge < -0.3 is 10.1 Å². The molecular formula is C14H30N2O. The summed E-state index contributed by atoms with van der Waals surface area (Å²) in [5, 5.41) is 3.47. The summed E-state index contributed by atoms with van der Waals surface area (Å²) in [6, 6.07) is 1.25. The van der Waals surface area contributed by atoms with Gasteiger partial charge in [-0.1, -0.05) is 6.92 Å². The molecule has 0 amide bonds. The summed E-state index contributed by atoms with van der Waals surface area (Å²) < 4.78 is 5.67. The third-order valence-electron chi connectivity index (χ3n) is 3.62. The molecule has 0 aromatic carbocycles. The van der Waals surface area contributed by atoms with Gasteiger partial charge in [0.1, 0.15) is 0 Å². The second-order valence-electron chi connectivity index (χ2n) is 5.43. The fourth-order valence-corrected chi connectivity index (χ4v) is 2.53. The predicted molar refractivity (Wildman–Crippen MR) is 73.4 cm³/mol. The van der Waals surface area contributed by atoms with E-state index in [1.807, 2.05) is 0 Å². The summed E-state index contributed by atoms with van der Waals surface area (Å²) in [6.45, 7) is 13.3. The van der Waals surface area contributed by atoms with E-state index in [0.717, 1.165) is 26.2 Å². The van der Waals surface area contributed by atoms with Crippen molar-refractivity contribution < 1.29 is 4.74 Å². The summed E-state index contributed by atoms with van der Waals surface area (Å²) >= 11 is 0. The van der Waals surface area contributed by atoms with Gasteiger partial charge in [0, 0.05) is 18.6 Å². The van der Waals surface area contributed by atoms with E-state index >= 15 is 0 Å². The topological polar surface area (TPSA) is 24.5 Å². The Bertz CT molecular complexity index is 199. The minimum Gasteiger partial charge on any atom is -0.376 e. The maximum absolute atomic E-state index is 5.67. The zero-order valence-electron chi connectivity index (χ0n) is 12.0. The Morgan fingerprint density at radius 1 is 1.35 bits per heavy atom. The Morgan fingerprint density at radius 2 is 2.12 bits per heavy atom. The van der Waals surface area contributed by atoms with E-state index in [9.17, 15) is 0 Å². The van der Waals surface area contributed by atoms with Crippen molar-refractivity contribution in [3.05, 3.63) is 0 Å². The number of rotatable bonds is 7. The van der Waals surface area contributed by atoms with Gasteiger partial charge in [-0.2, -0.15) is 0 Å². The van der Waals surface area contributed by atoms with Crippen molar-refractivity contribution in [1.29, 1.82) is 0 Å². The van der Waals surface area contributed by atoms with Crippen LogP contribution in [0.1, 0.15) is 47.0 Å². The average Bonchev–Trinajstić information content (AvgIpc) is 2.32. The van der Waals surface area contributed by atoms with Gasteiger partial charge in [-0.05, 0) is 53.1 Å². The van der Waals surface area contributed by atoms with E-state index in [0.29, 0.717) is 18.2 Å². The Kier molecular flexibility index (Phi) is 7.09. The molecule has 0 spiro atoms. The Hall–Kier alpha value is -0.120. The molecule has 3 heteroatoms. The van der Waals surface area contributed by atoms with Crippen LogP contribution in [0.5, 0.6) is 0 Å². The zero-order valence-corrected chi connectivity index (χ0v) is 12.0. The third-order valence-corrected chi connectivity index (χ3v) is 3.62. The SMILES string of the molecule is CCCNCCCC(C)N1CC(C)OCC1C. The van der Waals surface area contributed by atoms with Gasteiger partial charge in [0.25, 0.3) is 0 Å². The van der Waals surface area contributed by atoms with Gasteiger partial charge in [-0.3, -0.25) is 4.90 Å². The summed E-state index contributed by atoms with van der Waals surface area (Å²) in [7, 11) is 0. The van der Waals surface area contributed by atoms with Gasteiger partial charge in [0.2, 0.25) is 0 Å². The number of nitrogens with one attached hydrogen (secondary N) is 1. The first-order chi connectivity index (χ1) is 8.15. The molecule has 0 saturated carbocycles. The van der Waals surface area contributed by atoms with E-state index < -0.39 is 0 Å². The monoisotopic (exact) mass is 242 g/mol. The molecule has 1 rings (SSSR count). The second kappa shape index (κ2) is 8.06. The standard InChI is InChI=1S/C14H30N2O/c1-5-8-15-9-6-7-12(2)16-10-14(4)17-11-13(16)3/h12-15H,5-11H2,1-4H3. The summed E-state index contributed by atoms with van der Waals surface area (Å²) in [5.74, 6) is 0. The van der Waals surface area contributed by atoms with Gasteiger partial charge in [-0.25, -0.2) is 0 Å². The van der Waals surface area contributed by atoms with Gasteiger partial charge in [0.05, 0.1) is 12.7 Å². The van der Waals surface area contributed by atoms with Crippen LogP contribution in [0.3, 0.4) is 0 Å². The summed E-state index contributed by atoms with van der Waals surface area (Å²) in [4.78, 5) is 2.61. The Morgan fingerprint density at radius 3 is 2.82 bits per heavy atom. The van der Waals surface area contributed by atoms with Crippen LogP contribution in [0.25, 0.3) is 0 Å². The van der Waals surface area contributed by atoms with Crippen LogP contribution in [0.15, 0.2) is 0 Å². The largest absolute Gasteiger partial charge is 0.376 e. The van der Waals surface area contributed by atoms with Crippen molar-refractivity contribution >= 4 is 0 Å². The van der Waals surface area contributed by atoms with Crippen LogP contribution in [0.4, 0.5) is 0 Å². The van der Waals surface area contributed by atoms with E-state index in [2.05, 4.69) is 37.9 Å². The fraction of sp³-hybridized carbons (Fsp3) is 1.00. The first-order valence-electron chi connectivity index (χ1n) is 7.23. The summed E-state index contributed by atoms with van der Waals surface area (Å²) in [5.41, 5.74) is 0. The van der Waals surface area contributed by atoms with Crippen LogP contribution in [-0.2, 0) is 4.74 Å². The van der Waals surface area contributed by atoms with Gasteiger partial charge >= 0.3 is 0 Å². The molecule has 0 aromatic rings. The van der Waals surface area contributed by atoms with E-state index in [4.69, 9.17) is 4.74 Å². The van der Waals surface area contributed by atoms with Crippen molar-refractivity contribution in [1.82, 2.24) is 10.2 Å². The average molecular weight is 242 g/mol. The molecule has 1 saturated heterocycles. The highest BCUT2D eigenvalue weighted by Crippen LogP contribution is 2.17. The third kappa shape index (κ3) is 5.36. The summed E-state index contributed by atoms with van der Waals surface area (Å²) in [6.07, 6.45) is 4.19. The molecule has 3 atom stereocenters. The lowest BCUT2D eigenvalue weighted by molar-refractivity contribution is -0.0645. The van der Waals surface area contributed by atoms with Crippen LogP contribution < -0.4 is 5.32 Å². The van der Waals surface area contributed by atoms with Crippen molar-refractivity contribution in [3.63, 3.8) is 0 Å². The highest BCUT2D eigenvalue weighted by molar-refractivity contribution is 4.79. The van der Waals surface area contributed by atoms with Crippen molar-refractivity contribution in [2.24, 2.45) is 0 Å². The van der Waals surface area contributed by atoms with Crippen LogP contribution in [0.2, 0.25) is 0 Å². The first-order valence-corrected chi connectivity index (χ1v) is 7.23. The van der Waals surface area contributed by atoms with Crippen molar-refractivity contribution in [3.8, 4) is 0 Å². The van der Waals surface area contributed by atoms with Crippen molar-refractivity contribution in [2.75, 3.05) is 26.2 Å². The molecule has 1 N–H and O–H groups in total. The second-order valence-corrected chi connectivity index (χ2v) is 5.43. The smallest absolute Gasteiger partial charge is 0.0674 e. The molecule has 1 aliphatic heterocycles. The Balaban J connectivity index is 2.18. The molecule has 0 bridgehead atoms. The zero-order chi connectivity index (χ0) is 12.7. The maximum Gasteiger partial charge on any atom is 0.0674 e. The minimum absolute atomic E-state index is 0.395. The highest BCUT2D eigenvalue weighted by atomic mass is 16.5. The molecule has 17 heavy (non-hydrogen) atoms. The van der Waals surface area contributed by atoms with Crippen LogP contribution in [0, 0.1) is 0 Å². The molecule has 0 aromatic heterocycles. The lowest BCUT2D eigenvalue weighted by Crippen LogP contribution is -2.51. The lowest BCUT2D eigenvalue weighted by atomic mass is 10.1. The molecule has 1 fully saturated rings. The molecule has 102 valence electrons. The number of nitrogens with zero attached hydrogens (tertiary/aromatic N) is 1. The molecule has 0 aliphatic carbocycles. The maximum atomic E-state index is 5.67. The Labute approximate surface area is 107 Å². The number of ether oxygens (including phenoxy) is 1. The minimum atomic E-state index is 0.395. The van der Waals surface area contributed by atoms with Gasteiger partial charge in [-0.15, -0.1) is 0 Å². The lowest BCUT2D eigenvalue weighted by Gasteiger charge is -2.40. The molecular weight excluding hydrogens is 212 g/mol. The van der Waals surface area contributed by atoms with Gasteiger partial charge in [0.15, 0.2) is 0 Å². The molecule has 1 heterocycles. The van der Waals surface area contributed by atoms with Crippen LogP contribution >= 0.6 is 0 Å². The molecule has 3 unspecified atom stereocenters. The number of hydrogen-bond acceptors (Lipinski definition) is 3. The molecule has 3 nitrogen and oxygen atoms in total. The fourth-order valence-electron chi connectivity index (χ4n) is 2.53. The molecule has 0 radical (unpaired) electrons. The van der Waals surface area contributed by atoms with E-state index in [1.165, 1.54) is 19.3 Å². The predicted octanol–water partition coefficient (Wildman–Crippen LogP) is 2.26. The van der Waals surface area contributed by atoms with E-state index in [1.54, 1.807) is 0 Å². The first kappa shape index (κ1) is 14.9. The highest BCUT2D eigenvalue weighted by Gasteiger charge is 2.26.